The number of carbonyl (C=O) groups is 1. The largest absolute Gasteiger partial charge is 0.388 e. The number of likely N-dealkylation sites (tertiary alicyclic amines) is 1. The SMILES string of the molecule is CC.CC(=O)N1CC(O)C(O)C1. The van der Waals surface area contributed by atoms with E-state index in [1.807, 2.05) is 13.8 Å². The molecule has 72 valence electrons. The molecule has 0 radical (unpaired) electrons. The van der Waals surface area contributed by atoms with E-state index < -0.39 is 12.2 Å². The number of rotatable bonds is 0. The van der Waals surface area contributed by atoms with Crippen molar-refractivity contribution in [1.29, 1.82) is 0 Å². The standard InChI is InChI=1S/C6H11NO3.C2H6/c1-4(8)7-2-5(9)6(10)3-7;1-2/h5-6,9-10H,2-3H2,1H3;1-2H3. The number of hydrogen-bond donors (Lipinski definition) is 2. The van der Waals surface area contributed by atoms with Crippen LogP contribution >= 0.6 is 0 Å². The average Bonchev–Trinajstić information content (AvgIpc) is 2.36. The molecule has 12 heavy (non-hydrogen) atoms. The molecule has 0 spiro atoms. The maximum Gasteiger partial charge on any atom is 0.219 e. The van der Waals surface area contributed by atoms with Crippen molar-refractivity contribution in [3.63, 3.8) is 0 Å². The molecule has 0 aromatic heterocycles. The van der Waals surface area contributed by atoms with Crippen molar-refractivity contribution in [2.24, 2.45) is 0 Å². The highest BCUT2D eigenvalue weighted by molar-refractivity contribution is 5.73. The van der Waals surface area contributed by atoms with Gasteiger partial charge in [-0.1, -0.05) is 13.8 Å². The fraction of sp³-hybridized carbons (Fsp3) is 0.875. The Hall–Kier alpha value is -0.610. The third kappa shape index (κ3) is 2.79. The molecule has 1 aliphatic rings. The van der Waals surface area contributed by atoms with Gasteiger partial charge in [-0.25, -0.2) is 0 Å². The molecular weight excluding hydrogens is 158 g/mol. The highest BCUT2D eigenvalue weighted by Crippen LogP contribution is 2.08. The molecule has 2 unspecified atom stereocenters. The Labute approximate surface area is 72.8 Å². The minimum Gasteiger partial charge on any atom is -0.388 e. The Morgan fingerprint density at radius 1 is 1.25 bits per heavy atom. The summed E-state index contributed by atoms with van der Waals surface area (Å²) in [6.45, 7) is 5.94. The second-order valence-electron chi connectivity index (χ2n) is 2.56. The fourth-order valence-electron chi connectivity index (χ4n) is 1.03. The summed E-state index contributed by atoms with van der Waals surface area (Å²) in [5.41, 5.74) is 0. The molecule has 2 N–H and O–H groups in total. The molecule has 0 aromatic carbocycles. The molecule has 1 saturated heterocycles. The van der Waals surface area contributed by atoms with Crippen LogP contribution in [0.3, 0.4) is 0 Å². The zero-order chi connectivity index (χ0) is 9.72. The Morgan fingerprint density at radius 3 is 1.75 bits per heavy atom. The molecule has 0 bridgehead atoms. The third-order valence-corrected chi connectivity index (χ3v) is 1.70. The fourth-order valence-corrected chi connectivity index (χ4v) is 1.03. The molecule has 1 rings (SSSR count). The third-order valence-electron chi connectivity index (χ3n) is 1.70. The summed E-state index contributed by atoms with van der Waals surface area (Å²) in [4.78, 5) is 12.1. The van der Waals surface area contributed by atoms with E-state index in [0.29, 0.717) is 0 Å². The van der Waals surface area contributed by atoms with Crippen LogP contribution in [0, 0.1) is 0 Å². The molecule has 1 heterocycles. The Morgan fingerprint density at radius 2 is 1.58 bits per heavy atom. The summed E-state index contributed by atoms with van der Waals surface area (Å²) >= 11 is 0. The number of hydrogen-bond acceptors (Lipinski definition) is 3. The second-order valence-corrected chi connectivity index (χ2v) is 2.56. The van der Waals surface area contributed by atoms with E-state index >= 15 is 0 Å². The minimum atomic E-state index is -0.760. The number of carbonyl (C=O) groups excluding carboxylic acids is 1. The first-order valence-corrected chi connectivity index (χ1v) is 4.23. The van der Waals surface area contributed by atoms with E-state index in [9.17, 15) is 4.79 Å². The number of aliphatic hydroxyl groups is 2. The molecule has 0 saturated carbocycles. The van der Waals surface area contributed by atoms with Crippen LogP contribution in [0.1, 0.15) is 20.8 Å². The van der Waals surface area contributed by atoms with Crippen molar-refractivity contribution in [2.45, 2.75) is 33.0 Å². The van der Waals surface area contributed by atoms with Crippen molar-refractivity contribution in [3.05, 3.63) is 0 Å². The van der Waals surface area contributed by atoms with Gasteiger partial charge in [0.05, 0.1) is 12.2 Å². The summed E-state index contributed by atoms with van der Waals surface area (Å²) in [5.74, 6) is -0.101. The predicted molar refractivity (Wildman–Crippen MR) is 45.6 cm³/mol. The Kier molecular flexibility index (Phi) is 4.85. The highest BCUT2D eigenvalue weighted by Gasteiger charge is 2.30. The van der Waals surface area contributed by atoms with Crippen LogP contribution in [0.4, 0.5) is 0 Å². The lowest BCUT2D eigenvalue weighted by atomic mass is 10.3. The molecule has 0 aromatic rings. The lowest BCUT2D eigenvalue weighted by Crippen LogP contribution is -2.26. The molecule has 1 fully saturated rings. The summed E-state index contributed by atoms with van der Waals surface area (Å²) in [7, 11) is 0. The van der Waals surface area contributed by atoms with Crippen LogP contribution in [0.25, 0.3) is 0 Å². The van der Waals surface area contributed by atoms with Gasteiger partial charge in [-0.15, -0.1) is 0 Å². The van der Waals surface area contributed by atoms with Gasteiger partial charge in [0.2, 0.25) is 5.91 Å². The molecule has 1 aliphatic heterocycles. The number of aliphatic hydroxyl groups excluding tert-OH is 2. The van der Waals surface area contributed by atoms with E-state index in [1.54, 1.807) is 0 Å². The number of nitrogens with zero attached hydrogens (tertiary/aromatic N) is 1. The van der Waals surface area contributed by atoms with Gasteiger partial charge in [0.1, 0.15) is 0 Å². The van der Waals surface area contributed by atoms with Gasteiger partial charge < -0.3 is 15.1 Å². The average molecular weight is 175 g/mol. The van der Waals surface area contributed by atoms with E-state index in [4.69, 9.17) is 10.2 Å². The first kappa shape index (κ1) is 11.4. The highest BCUT2D eigenvalue weighted by atomic mass is 16.3. The number of amides is 1. The first-order chi connectivity index (χ1) is 5.61. The van der Waals surface area contributed by atoms with Gasteiger partial charge in [-0.2, -0.15) is 0 Å². The second kappa shape index (κ2) is 5.11. The monoisotopic (exact) mass is 175 g/mol. The smallest absolute Gasteiger partial charge is 0.219 e. The normalized spacial score (nSPS) is 27.9. The van der Waals surface area contributed by atoms with E-state index in [2.05, 4.69) is 0 Å². The Balaban J connectivity index is 0.000000561. The zero-order valence-electron chi connectivity index (χ0n) is 7.82. The van der Waals surface area contributed by atoms with Gasteiger partial charge >= 0.3 is 0 Å². The molecule has 1 amide bonds. The topological polar surface area (TPSA) is 60.8 Å². The van der Waals surface area contributed by atoms with E-state index in [-0.39, 0.29) is 19.0 Å². The van der Waals surface area contributed by atoms with Gasteiger partial charge in [0.15, 0.2) is 0 Å². The summed E-state index contributed by atoms with van der Waals surface area (Å²) in [5, 5.41) is 17.9. The van der Waals surface area contributed by atoms with Crippen LogP contribution in [0.5, 0.6) is 0 Å². The van der Waals surface area contributed by atoms with E-state index in [0.717, 1.165) is 0 Å². The van der Waals surface area contributed by atoms with Gasteiger partial charge in [0, 0.05) is 20.0 Å². The first-order valence-electron chi connectivity index (χ1n) is 4.23. The van der Waals surface area contributed by atoms with Crippen LogP contribution in [0.2, 0.25) is 0 Å². The molecule has 4 nitrogen and oxygen atoms in total. The maximum absolute atomic E-state index is 10.6. The molecule has 2 atom stereocenters. The maximum atomic E-state index is 10.6. The minimum absolute atomic E-state index is 0.101. The lowest BCUT2D eigenvalue weighted by Gasteiger charge is -2.10. The van der Waals surface area contributed by atoms with Gasteiger partial charge in [-0.3, -0.25) is 4.79 Å². The van der Waals surface area contributed by atoms with Crippen LogP contribution < -0.4 is 0 Å². The van der Waals surface area contributed by atoms with Crippen molar-refractivity contribution >= 4 is 5.91 Å². The lowest BCUT2D eigenvalue weighted by molar-refractivity contribution is -0.128. The van der Waals surface area contributed by atoms with Crippen molar-refractivity contribution in [2.75, 3.05) is 13.1 Å². The van der Waals surface area contributed by atoms with Crippen LogP contribution in [0.15, 0.2) is 0 Å². The summed E-state index contributed by atoms with van der Waals surface area (Å²) in [6.07, 6.45) is -1.52. The summed E-state index contributed by atoms with van der Waals surface area (Å²) in [6, 6.07) is 0. The van der Waals surface area contributed by atoms with E-state index in [1.165, 1.54) is 11.8 Å². The number of β-amino-alcohol motifs (C(OH)–C–C–N with tert-alkyl or cyclic N) is 2. The van der Waals surface area contributed by atoms with Gasteiger partial charge in [-0.05, 0) is 0 Å². The van der Waals surface area contributed by atoms with Crippen molar-refractivity contribution in [3.8, 4) is 0 Å². The van der Waals surface area contributed by atoms with Crippen LogP contribution in [-0.2, 0) is 4.79 Å². The summed E-state index contributed by atoms with van der Waals surface area (Å²) < 4.78 is 0. The van der Waals surface area contributed by atoms with Crippen molar-refractivity contribution < 1.29 is 15.0 Å². The van der Waals surface area contributed by atoms with Gasteiger partial charge in [0.25, 0.3) is 0 Å². The Bertz CT molecular complexity index is 139. The zero-order valence-corrected chi connectivity index (χ0v) is 7.82. The van der Waals surface area contributed by atoms with Crippen LogP contribution in [-0.4, -0.2) is 46.3 Å². The quantitative estimate of drug-likeness (QED) is 0.526. The molecule has 0 aliphatic carbocycles. The molecular formula is C8H17NO3. The molecule has 4 heteroatoms. The predicted octanol–water partition coefficient (Wildman–Crippen LogP) is -0.404. The van der Waals surface area contributed by atoms with Crippen molar-refractivity contribution in [1.82, 2.24) is 4.90 Å².